The van der Waals surface area contributed by atoms with E-state index < -0.39 is 29.3 Å². The van der Waals surface area contributed by atoms with E-state index >= 15 is 0 Å². The lowest BCUT2D eigenvalue weighted by Gasteiger charge is -2.14. The summed E-state index contributed by atoms with van der Waals surface area (Å²) in [5, 5.41) is 0. The van der Waals surface area contributed by atoms with Crippen LogP contribution in [0.4, 0.5) is 17.6 Å². The predicted molar refractivity (Wildman–Crippen MR) is 63.3 cm³/mol. The van der Waals surface area contributed by atoms with E-state index in [2.05, 4.69) is 0 Å². The van der Waals surface area contributed by atoms with Crippen molar-refractivity contribution in [3.05, 3.63) is 70.8 Å². The molecular formula is C14H11F4N. The average Bonchev–Trinajstić information content (AvgIpc) is 2.34. The van der Waals surface area contributed by atoms with Crippen molar-refractivity contribution in [1.82, 2.24) is 0 Å². The van der Waals surface area contributed by atoms with Crippen LogP contribution in [0.2, 0.25) is 0 Å². The molecule has 0 aliphatic rings. The summed E-state index contributed by atoms with van der Waals surface area (Å²) in [5.74, 6) is -3.23. The lowest BCUT2D eigenvalue weighted by molar-refractivity contribution is 0.503. The van der Waals surface area contributed by atoms with Crippen molar-refractivity contribution in [3.8, 4) is 0 Å². The van der Waals surface area contributed by atoms with Gasteiger partial charge in [-0.15, -0.1) is 0 Å². The highest BCUT2D eigenvalue weighted by Gasteiger charge is 2.20. The van der Waals surface area contributed by atoms with Gasteiger partial charge in [-0.2, -0.15) is 0 Å². The summed E-state index contributed by atoms with van der Waals surface area (Å²) in [5.41, 5.74) is 5.00. The maximum atomic E-state index is 13.5. The Bertz CT molecular complexity index is 557. The van der Waals surface area contributed by atoms with Crippen LogP contribution in [0.1, 0.15) is 17.2 Å². The molecule has 2 aromatic carbocycles. The average molecular weight is 269 g/mol. The first-order valence-corrected chi connectivity index (χ1v) is 5.63. The number of nitrogens with two attached hydrogens (primary N) is 1. The summed E-state index contributed by atoms with van der Waals surface area (Å²) in [7, 11) is 0. The highest BCUT2D eigenvalue weighted by atomic mass is 19.1. The van der Waals surface area contributed by atoms with Crippen molar-refractivity contribution < 1.29 is 17.6 Å². The first kappa shape index (κ1) is 13.5. The van der Waals surface area contributed by atoms with E-state index in [0.717, 1.165) is 24.3 Å². The Kier molecular flexibility index (Phi) is 3.85. The number of benzene rings is 2. The Hall–Kier alpha value is -1.88. The van der Waals surface area contributed by atoms with Gasteiger partial charge in [-0.3, -0.25) is 0 Å². The molecule has 0 radical (unpaired) electrons. The van der Waals surface area contributed by atoms with Crippen LogP contribution in [0.3, 0.4) is 0 Å². The fourth-order valence-electron chi connectivity index (χ4n) is 1.91. The first-order valence-electron chi connectivity index (χ1n) is 5.63. The minimum atomic E-state index is -1.16. The zero-order valence-electron chi connectivity index (χ0n) is 9.84. The van der Waals surface area contributed by atoms with Gasteiger partial charge in [0.15, 0.2) is 0 Å². The molecule has 1 nitrogen and oxygen atoms in total. The molecule has 0 bridgehead atoms. The highest BCUT2D eigenvalue weighted by molar-refractivity contribution is 5.27. The van der Waals surface area contributed by atoms with Crippen molar-refractivity contribution in [1.29, 1.82) is 0 Å². The zero-order valence-corrected chi connectivity index (χ0v) is 9.84. The molecule has 1 atom stereocenters. The van der Waals surface area contributed by atoms with Crippen LogP contribution in [0, 0.1) is 23.3 Å². The maximum absolute atomic E-state index is 13.5. The second-order valence-corrected chi connectivity index (χ2v) is 4.15. The smallest absolute Gasteiger partial charge is 0.130 e. The topological polar surface area (TPSA) is 26.0 Å². The summed E-state index contributed by atoms with van der Waals surface area (Å²) in [6, 6.07) is 5.50. The van der Waals surface area contributed by atoms with Crippen molar-refractivity contribution in [2.45, 2.75) is 12.5 Å². The molecule has 100 valence electrons. The Labute approximate surface area is 107 Å². The maximum Gasteiger partial charge on any atom is 0.130 e. The summed E-state index contributed by atoms with van der Waals surface area (Å²) in [6.07, 6.45) is -0.323. The van der Waals surface area contributed by atoms with E-state index in [1.807, 2.05) is 0 Å². The van der Waals surface area contributed by atoms with E-state index in [-0.39, 0.29) is 17.5 Å². The minimum absolute atomic E-state index is 0.280. The quantitative estimate of drug-likeness (QED) is 0.848. The largest absolute Gasteiger partial charge is 0.323 e. The van der Waals surface area contributed by atoms with E-state index in [0.29, 0.717) is 0 Å². The van der Waals surface area contributed by atoms with E-state index in [1.54, 1.807) is 0 Å². The molecule has 0 aromatic heterocycles. The van der Waals surface area contributed by atoms with Crippen LogP contribution >= 0.6 is 0 Å². The van der Waals surface area contributed by atoms with Gasteiger partial charge in [0, 0.05) is 17.2 Å². The van der Waals surface area contributed by atoms with Gasteiger partial charge in [0.25, 0.3) is 0 Å². The number of hydrogen-bond donors (Lipinski definition) is 1. The lowest BCUT2D eigenvalue weighted by Crippen LogP contribution is -2.18. The summed E-state index contributed by atoms with van der Waals surface area (Å²) < 4.78 is 53.9. The van der Waals surface area contributed by atoms with Gasteiger partial charge in [-0.1, -0.05) is 12.1 Å². The SMILES string of the molecule is NC(Cc1c(F)cccc1F)c1c(F)cccc1F. The molecule has 0 aliphatic heterocycles. The van der Waals surface area contributed by atoms with Crippen LogP contribution in [0.15, 0.2) is 36.4 Å². The molecular weight excluding hydrogens is 258 g/mol. The molecule has 0 saturated carbocycles. The van der Waals surface area contributed by atoms with Crippen molar-refractivity contribution in [2.24, 2.45) is 5.73 Å². The fraction of sp³-hybridized carbons (Fsp3) is 0.143. The molecule has 1 unspecified atom stereocenters. The normalized spacial score (nSPS) is 12.5. The second-order valence-electron chi connectivity index (χ2n) is 4.15. The van der Waals surface area contributed by atoms with Crippen LogP contribution in [0.5, 0.6) is 0 Å². The molecule has 2 aromatic rings. The van der Waals surface area contributed by atoms with Gasteiger partial charge in [0.05, 0.1) is 0 Å². The Balaban J connectivity index is 2.34. The Morgan fingerprint density at radius 2 is 1.21 bits per heavy atom. The van der Waals surface area contributed by atoms with Crippen molar-refractivity contribution >= 4 is 0 Å². The first-order chi connectivity index (χ1) is 9.00. The third kappa shape index (κ3) is 2.76. The predicted octanol–water partition coefficient (Wildman–Crippen LogP) is 3.49. The summed E-state index contributed by atoms with van der Waals surface area (Å²) >= 11 is 0. The van der Waals surface area contributed by atoms with E-state index in [4.69, 9.17) is 5.73 Å². The number of halogens is 4. The second kappa shape index (κ2) is 5.40. The molecule has 2 rings (SSSR count). The highest BCUT2D eigenvalue weighted by Crippen LogP contribution is 2.24. The Morgan fingerprint density at radius 3 is 1.68 bits per heavy atom. The number of rotatable bonds is 3. The van der Waals surface area contributed by atoms with Crippen LogP contribution in [-0.4, -0.2) is 0 Å². The molecule has 5 heteroatoms. The Morgan fingerprint density at radius 1 is 0.789 bits per heavy atom. The molecule has 0 aliphatic carbocycles. The van der Waals surface area contributed by atoms with E-state index in [9.17, 15) is 17.6 Å². The van der Waals surface area contributed by atoms with Crippen LogP contribution in [0.25, 0.3) is 0 Å². The zero-order chi connectivity index (χ0) is 14.0. The van der Waals surface area contributed by atoms with Crippen LogP contribution < -0.4 is 5.73 Å². The summed E-state index contributed by atoms with van der Waals surface area (Å²) in [6.45, 7) is 0. The number of hydrogen-bond acceptors (Lipinski definition) is 1. The lowest BCUT2D eigenvalue weighted by atomic mass is 9.98. The molecule has 0 spiro atoms. The fourth-order valence-corrected chi connectivity index (χ4v) is 1.91. The molecule has 0 fully saturated rings. The third-order valence-electron chi connectivity index (χ3n) is 2.86. The molecule has 0 heterocycles. The molecule has 0 saturated heterocycles. The van der Waals surface area contributed by atoms with Crippen molar-refractivity contribution in [2.75, 3.05) is 0 Å². The van der Waals surface area contributed by atoms with Crippen LogP contribution in [-0.2, 0) is 6.42 Å². The minimum Gasteiger partial charge on any atom is -0.323 e. The van der Waals surface area contributed by atoms with Gasteiger partial charge in [0.1, 0.15) is 23.3 Å². The van der Waals surface area contributed by atoms with Gasteiger partial charge < -0.3 is 5.73 Å². The van der Waals surface area contributed by atoms with Gasteiger partial charge >= 0.3 is 0 Å². The van der Waals surface area contributed by atoms with Gasteiger partial charge in [-0.25, -0.2) is 17.6 Å². The standard InChI is InChI=1S/C14H11F4N/c15-9-3-1-4-10(16)8(9)7-13(19)14-11(17)5-2-6-12(14)18/h1-6,13H,7,19H2. The molecule has 0 amide bonds. The summed E-state index contributed by atoms with van der Waals surface area (Å²) in [4.78, 5) is 0. The van der Waals surface area contributed by atoms with E-state index in [1.165, 1.54) is 12.1 Å². The monoisotopic (exact) mass is 269 g/mol. The van der Waals surface area contributed by atoms with Crippen molar-refractivity contribution in [3.63, 3.8) is 0 Å². The molecule has 19 heavy (non-hydrogen) atoms. The van der Waals surface area contributed by atoms with Gasteiger partial charge in [0.2, 0.25) is 0 Å². The molecule has 2 N–H and O–H groups in total. The third-order valence-corrected chi connectivity index (χ3v) is 2.86. The van der Waals surface area contributed by atoms with Gasteiger partial charge in [-0.05, 0) is 30.7 Å².